The van der Waals surface area contributed by atoms with Gasteiger partial charge in [-0.15, -0.1) is 0 Å². The molecule has 0 bridgehead atoms. The van der Waals surface area contributed by atoms with Gasteiger partial charge in [0, 0.05) is 11.7 Å². The number of nitrogens with one attached hydrogen (secondary N) is 1. The summed E-state index contributed by atoms with van der Waals surface area (Å²) in [6, 6.07) is 13.6. The molecule has 0 unspecified atom stereocenters. The summed E-state index contributed by atoms with van der Waals surface area (Å²) in [5.41, 5.74) is 2.00. The topological polar surface area (TPSA) is 12.0 Å². The minimum absolute atomic E-state index is 0.197. The fourth-order valence-electron chi connectivity index (χ4n) is 2.56. The summed E-state index contributed by atoms with van der Waals surface area (Å²) in [5, 5.41) is 3.32. The number of rotatable bonds is 3. The largest absolute Gasteiger partial charge is 0.382 e. The van der Waals surface area contributed by atoms with Crippen LogP contribution in [0.1, 0.15) is 24.3 Å². The number of hydrogen-bond donors (Lipinski definition) is 1. The second-order valence-electron chi connectivity index (χ2n) is 5.07. The molecule has 2 aromatic rings. The van der Waals surface area contributed by atoms with Crippen molar-refractivity contribution in [1.29, 1.82) is 0 Å². The Kier molecular flexibility index (Phi) is 3.20. The van der Waals surface area contributed by atoms with Crippen molar-refractivity contribution in [2.45, 2.75) is 24.8 Å². The van der Waals surface area contributed by atoms with Crippen LogP contribution in [-0.4, -0.2) is 6.04 Å². The highest BCUT2D eigenvalue weighted by molar-refractivity contribution is 5.45. The maximum absolute atomic E-state index is 13.0. The van der Waals surface area contributed by atoms with E-state index in [1.54, 1.807) is 6.07 Å². The van der Waals surface area contributed by atoms with Crippen molar-refractivity contribution in [2.75, 3.05) is 5.32 Å². The lowest BCUT2D eigenvalue weighted by Gasteiger charge is -2.37. The van der Waals surface area contributed by atoms with Crippen LogP contribution in [0.5, 0.6) is 0 Å². The van der Waals surface area contributed by atoms with Gasteiger partial charge in [-0.25, -0.2) is 8.78 Å². The molecule has 0 radical (unpaired) electrons. The third-order valence-electron chi connectivity index (χ3n) is 3.67. The van der Waals surface area contributed by atoms with Crippen LogP contribution in [0.15, 0.2) is 48.5 Å². The molecule has 0 aliphatic heterocycles. The first kappa shape index (κ1) is 12.2. The summed E-state index contributed by atoms with van der Waals surface area (Å²) in [6.45, 7) is 0. The van der Waals surface area contributed by atoms with Gasteiger partial charge in [0.05, 0.1) is 0 Å². The second-order valence-corrected chi connectivity index (χ2v) is 5.07. The maximum atomic E-state index is 13.0. The van der Waals surface area contributed by atoms with Crippen molar-refractivity contribution >= 4 is 5.69 Å². The normalized spacial score (nSPS) is 21.8. The van der Waals surface area contributed by atoms with Crippen LogP contribution in [0.2, 0.25) is 0 Å². The predicted molar refractivity (Wildman–Crippen MR) is 72.2 cm³/mol. The summed E-state index contributed by atoms with van der Waals surface area (Å²) in [5.74, 6) is 0.0589. The molecule has 0 saturated heterocycles. The Bertz CT molecular complexity index is 559. The number of anilines is 1. The van der Waals surface area contributed by atoms with E-state index in [1.165, 1.54) is 29.8 Å². The van der Waals surface area contributed by atoms with Crippen molar-refractivity contribution in [3.8, 4) is 0 Å². The Labute approximate surface area is 111 Å². The average molecular weight is 259 g/mol. The van der Waals surface area contributed by atoms with E-state index >= 15 is 0 Å². The van der Waals surface area contributed by atoms with Gasteiger partial charge in [-0.05, 0) is 54.7 Å². The van der Waals surface area contributed by atoms with Gasteiger partial charge in [-0.2, -0.15) is 0 Å². The van der Waals surface area contributed by atoms with Crippen LogP contribution in [0.25, 0.3) is 0 Å². The van der Waals surface area contributed by atoms with Crippen LogP contribution in [0.4, 0.5) is 14.5 Å². The summed E-state index contributed by atoms with van der Waals surface area (Å²) < 4.78 is 25.9. The van der Waals surface area contributed by atoms with E-state index in [-0.39, 0.29) is 11.6 Å². The van der Waals surface area contributed by atoms with Crippen molar-refractivity contribution in [3.05, 3.63) is 65.7 Å². The van der Waals surface area contributed by atoms with E-state index in [0.717, 1.165) is 18.5 Å². The molecule has 3 heteroatoms. The van der Waals surface area contributed by atoms with Gasteiger partial charge in [-0.1, -0.05) is 18.2 Å². The highest BCUT2D eigenvalue weighted by Crippen LogP contribution is 2.38. The minimum atomic E-state index is -0.223. The van der Waals surface area contributed by atoms with E-state index in [4.69, 9.17) is 0 Å². The lowest BCUT2D eigenvalue weighted by molar-refractivity contribution is 0.374. The molecule has 19 heavy (non-hydrogen) atoms. The van der Waals surface area contributed by atoms with Gasteiger partial charge >= 0.3 is 0 Å². The van der Waals surface area contributed by atoms with Crippen LogP contribution in [0, 0.1) is 11.6 Å². The zero-order valence-electron chi connectivity index (χ0n) is 10.4. The summed E-state index contributed by atoms with van der Waals surface area (Å²) in [4.78, 5) is 0. The molecule has 98 valence electrons. The van der Waals surface area contributed by atoms with E-state index < -0.39 is 0 Å². The Hall–Kier alpha value is -1.90. The number of halogens is 2. The van der Waals surface area contributed by atoms with Crippen molar-refractivity contribution in [1.82, 2.24) is 0 Å². The molecule has 3 rings (SSSR count). The Morgan fingerprint density at radius 2 is 1.63 bits per heavy atom. The molecule has 2 aromatic carbocycles. The van der Waals surface area contributed by atoms with Gasteiger partial charge in [-0.3, -0.25) is 0 Å². The highest BCUT2D eigenvalue weighted by Gasteiger charge is 2.30. The lowest BCUT2D eigenvalue weighted by Crippen LogP contribution is -2.34. The van der Waals surface area contributed by atoms with Gasteiger partial charge in [0.1, 0.15) is 11.6 Å². The standard InChI is InChI=1S/C16H15F2N/c17-13-6-4-11(5-7-13)12-8-16(9-12)19-15-3-1-2-14(18)10-15/h1-7,10,12,16,19H,8-9H2. The van der Waals surface area contributed by atoms with Crippen LogP contribution in [0.3, 0.4) is 0 Å². The fourth-order valence-corrected chi connectivity index (χ4v) is 2.56. The van der Waals surface area contributed by atoms with E-state index in [1.807, 2.05) is 18.2 Å². The summed E-state index contributed by atoms with van der Waals surface area (Å²) in [7, 11) is 0. The third kappa shape index (κ3) is 2.75. The number of benzene rings is 2. The van der Waals surface area contributed by atoms with Crippen LogP contribution < -0.4 is 5.32 Å². The van der Waals surface area contributed by atoms with Gasteiger partial charge < -0.3 is 5.32 Å². The second kappa shape index (κ2) is 5.00. The molecule has 1 aliphatic carbocycles. The van der Waals surface area contributed by atoms with Crippen LogP contribution in [-0.2, 0) is 0 Å². The molecule has 0 aromatic heterocycles. The lowest BCUT2D eigenvalue weighted by atomic mass is 9.76. The number of hydrogen-bond acceptors (Lipinski definition) is 1. The van der Waals surface area contributed by atoms with Crippen molar-refractivity contribution in [2.24, 2.45) is 0 Å². The molecule has 1 N–H and O–H groups in total. The van der Waals surface area contributed by atoms with E-state index in [9.17, 15) is 8.78 Å². The van der Waals surface area contributed by atoms with Crippen molar-refractivity contribution in [3.63, 3.8) is 0 Å². The zero-order chi connectivity index (χ0) is 13.2. The summed E-state index contributed by atoms with van der Waals surface area (Å²) in [6.07, 6.45) is 2.00. The van der Waals surface area contributed by atoms with Crippen molar-refractivity contribution < 1.29 is 8.78 Å². The monoisotopic (exact) mass is 259 g/mol. The predicted octanol–water partition coefficient (Wildman–Crippen LogP) is 4.32. The molecule has 0 amide bonds. The van der Waals surface area contributed by atoms with Gasteiger partial charge in [0.25, 0.3) is 0 Å². The Morgan fingerprint density at radius 3 is 2.32 bits per heavy atom. The first-order valence-electron chi connectivity index (χ1n) is 6.48. The quantitative estimate of drug-likeness (QED) is 0.865. The third-order valence-corrected chi connectivity index (χ3v) is 3.67. The molecule has 1 fully saturated rings. The van der Waals surface area contributed by atoms with E-state index in [2.05, 4.69) is 5.32 Å². The van der Waals surface area contributed by atoms with Gasteiger partial charge in [0.15, 0.2) is 0 Å². The van der Waals surface area contributed by atoms with Crippen LogP contribution >= 0.6 is 0 Å². The summed E-state index contributed by atoms with van der Waals surface area (Å²) >= 11 is 0. The first-order chi connectivity index (χ1) is 9.20. The molecular formula is C16H15F2N. The molecule has 0 atom stereocenters. The highest BCUT2D eigenvalue weighted by atomic mass is 19.1. The average Bonchev–Trinajstić information content (AvgIpc) is 2.35. The molecule has 0 heterocycles. The first-order valence-corrected chi connectivity index (χ1v) is 6.48. The smallest absolute Gasteiger partial charge is 0.125 e. The minimum Gasteiger partial charge on any atom is -0.382 e. The molecular weight excluding hydrogens is 244 g/mol. The van der Waals surface area contributed by atoms with Gasteiger partial charge in [0.2, 0.25) is 0 Å². The molecule has 1 aliphatic rings. The Morgan fingerprint density at radius 1 is 0.895 bits per heavy atom. The fraction of sp³-hybridized carbons (Fsp3) is 0.250. The maximum Gasteiger partial charge on any atom is 0.125 e. The SMILES string of the molecule is Fc1ccc(C2CC(Nc3cccc(F)c3)C2)cc1. The molecule has 1 saturated carbocycles. The zero-order valence-corrected chi connectivity index (χ0v) is 10.4. The van der Waals surface area contributed by atoms with E-state index in [0.29, 0.717) is 12.0 Å². The molecule has 0 spiro atoms. The Balaban J connectivity index is 1.57. The molecule has 1 nitrogen and oxygen atoms in total.